The number of aryl methyl sites for hydroxylation is 4. The second-order valence-corrected chi connectivity index (χ2v) is 12.0. The lowest BCUT2D eigenvalue weighted by atomic mass is 10.2. The Morgan fingerprint density at radius 1 is 0.762 bits per heavy atom. The van der Waals surface area contributed by atoms with Gasteiger partial charge in [-0.15, -0.1) is 0 Å². The van der Waals surface area contributed by atoms with Gasteiger partial charge in [-0.1, -0.05) is 36.4 Å². The van der Waals surface area contributed by atoms with E-state index in [0.717, 1.165) is 54.8 Å². The zero-order chi connectivity index (χ0) is 15.6. The van der Waals surface area contributed by atoms with Gasteiger partial charge < -0.3 is 4.89 Å². The first-order valence-corrected chi connectivity index (χ1v) is 11.1. The van der Waals surface area contributed by atoms with Crippen LogP contribution < -0.4 is 0 Å². The van der Waals surface area contributed by atoms with Crippen molar-refractivity contribution >= 4 is 28.5 Å². The molecule has 2 aromatic carbocycles. The molecule has 112 valence electrons. The molecular weight excluding hydrogens is 319 g/mol. The minimum atomic E-state index is -3.41. The highest BCUT2D eigenvalue weighted by Gasteiger charge is 2.25. The average Bonchev–Trinajstić information content (AvgIpc) is 2.39. The van der Waals surface area contributed by atoms with Crippen LogP contribution >= 0.6 is 28.5 Å². The van der Waals surface area contributed by atoms with Crippen LogP contribution in [0.25, 0.3) is 0 Å². The van der Waals surface area contributed by atoms with Crippen LogP contribution in [0.2, 0.25) is 0 Å². The van der Waals surface area contributed by atoms with Crippen molar-refractivity contribution in [3.63, 3.8) is 0 Å². The SMILES string of the molecule is Cc1cccc(C)c1SP(=O)(O)Sc1c(C)cccc1C. The lowest BCUT2D eigenvalue weighted by Crippen LogP contribution is -1.86. The zero-order valence-corrected chi connectivity index (χ0v) is 15.1. The van der Waals surface area contributed by atoms with Crippen molar-refractivity contribution in [2.75, 3.05) is 0 Å². The first-order valence-electron chi connectivity index (χ1n) is 6.64. The largest absolute Gasteiger partial charge is 0.329 e. The van der Waals surface area contributed by atoms with Crippen molar-refractivity contribution in [2.45, 2.75) is 37.5 Å². The van der Waals surface area contributed by atoms with Gasteiger partial charge >= 0.3 is 5.77 Å². The van der Waals surface area contributed by atoms with E-state index >= 15 is 0 Å². The van der Waals surface area contributed by atoms with Crippen molar-refractivity contribution in [1.82, 2.24) is 0 Å². The van der Waals surface area contributed by atoms with Crippen LogP contribution in [0, 0.1) is 27.7 Å². The van der Waals surface area contributed by atoms with Crippen LogP contribution in [0.4, 0.5) is 0 Å². The molecular formula is C16H19O2PS2. The summed E-state index contributed by atoms with van der Waals surface area (Å²) in [6, 6.07) is 11.8. The molecule has 0 heterocycles. The van der Waals surface area contributed by atoms with E-state index in [1.807, 2.05) is 64.1 Å². The molecule has 2 nitrogen and oxygen atoms in total. The maximum Gasteiger partial charge on any atom is 0.320 e. The molecule has 0 amide bonds. The van der Waals surface area contributed by atoms with Gasteiger partial charge in [0.2, 0.25) is 0 Å². The van der Waals surface area contributed by atoms with Gasteiger partial charge in [0, 0.05) is 9.79 Å². The molecule has 21 heavy (non-hydrogen) atoms. The molecule has 0 aliphatic rings. The normalized spacial score (nSPS) is 11.7. The molecule has 0 aliphatic carbocycles. The predicted octanol–water partition coefficient (Wildman–Crippen LogP) is 5.91. The molecule has 2 aromatic rings. The fourth-order valence-corrected chi connectivity index (χ4v) is 8.38. The first kappa shape index (κ1) is 16.7. The predicted molar refractivity (Wildman–Crippen MR) is 93.4 cm³/mol. The summed E-state index contributed by atoms with van der Waals surface area (Å²) >= 11 is 2.17. The van der Waals surface area contributed by atoms with Gasteiger partial charge in [-0.05, 0) is 72.7 Å². The molecule has 0 fully saturated rings. The third kappa shape index (κ3) is 4.17. The Morgan fingerprint density at radius 2 is 1.05 bits per heavy atom. The van der Waals surface area contributed by atoms with Gasteiger partial charge in [0.15, 0.2) is 0 Å². The van der Waals surface area contributed by atoms with E-state index in [1.54, 1.807) is 0 Å². The molecule has 0 unspecified atom stereocenters. The lowest BCUT2D eigenvalue weighted by Gasteiger charge is -2.16. The number of hydrogen-bond donors (Lipinski definition) is 1. The Labute approximate surface area is 134 Å². The molecule has 0 spiro atoms. The Hall–Kier alpha value is -0.670. The molecule has 0 radical (unpaired) electrons. The van der Waals surface area contributed by atoms with Crippen LogP contribution in [-0.2, 0) is 4.57 Å². The molecule has 0 bridgehead atoms. The first-order chi connectivity index (χ1) is 9.80. The number of benzene rings is 2. The van der Waals surface area contributed by atoms with E-state index in [2.05, 4.69) is 0 Å². The fourth-order valence-electron chi connectivity index (χ4n) is 2.14. The number of rotatable bonds is 4. The second kappa shape index (κ2) is 6.62. The summed E-state index contributed by atoms with van der Waals surface area (Å²) in [7, 11) is 0. The summed E-state index contributed by atoms with van der Waals surface area (Å²) in [4.78, 5) is 12.2. The van der Waals surface area contributed by atoms with Crippen LogP contribution in [0.15, 0.2) is 46.2 Å². The van der Waals surface area contributed by atoms with E-state index in [4.69, 9.17) is 0 Å². The summed E-state index contributed by atoms with van der Waals surface area (Å²) in [5, 5.41) is 0. The van der Waals surface area contributed by atoms with Crippen LogP contribution in [0.3, 0.4) is 0 Å². The molecule has 0 aromatic heterocycles. The van der Waals surface area contributed by atoms with Crippen molar-refractivity contribution in [3.8, 4) is 0 Å². The van der Waals surface area contributed by atoms with Gasteiger partial charge in [0.05, 0.1) is 0 Å². The third-order valence-corrected chi connectivity index (χ3v) is 9.17. The molecule has 0 saturated heterocycles. The molecule has 2 rings (SSSR count). The van der Waals surface area contributed by atoms with Gasteiger partial charge in [-0.3, -0.25) is 4.57 Å². The summed E-state index contributed by atoms with van der Waals surface area (Å²) in [6.45, 7) is 7.88. The van der Waals surface area contributed by atoms with Gasteiger partial charge in [0.25, 0.3) is 0 Å². The minimum absolute atomic E-state index is 0.905. The van der Waals surface area contributed by atoms with Crippen LogP contribution in [0.5, 0.6) is 0 Å². The highest BCUT2D eigenvalue weighted by Crippen LogP contribution is 2.71. The monoisotopic (exact) mass is 338 g/mol. The maximum absolute atomic E-state index is 12.6. The smallest absolute Gasteiger partial charge is 0.320 e. The molecule has 1 N–H and O–H groups in total. The van der Waals surface area contributed by atoms with Crippen molar-refractivity contribution in [1.29, 1.82) is 0 Å². The third-order valence-electron chi connectivity index (χ3n) is 3.23. The average molecular weight is 338 g/mol. The maximum atomic E-state index is 12.6. The van der Waals surface area contributed by atoms with Gasteiger partial charge in [0.1, 0.15) is 0 Å². The summed E-state index contributed by atoms with van der Waals surface area (Å²) in [5.74, 6) is -3.41. The molecule has 0 saturated carbocycles. The molecule has 5 heteroatoms. The van der Waals surface area contributed by atoms with E-state index in [1.165, 1.54) is 0 Å². The zero-order valence-electron chi connectivity index (χ0n) is 12.6. The Kier molecular flexibility index (Phi) is 5.26. The summed E-state index contributed by atoms with van der Waals surface area (Å²) < 4.78 is 12.6. The standard InChI is InChI=1S/C16H19O2PS2/c1-11-7-5-8-12(2)15(11)20-19(17,18)21-16-13(3)9-6-10-14(16)4/h5-10H,1-4H3,(H,17,18). The fraction of sp³-hybridized carbons (Fsp3) is 0.250. The van der Waals surface area contributed by atoms with Crippen LogP contribution in [-0.4, -0.2) is 4.89 Å². The van der Waals surface area contributed by atoms with E-state index in [-0.39, 0.29) is 0 Å². The lowest BCUT2D eigenvalue weighted by molar-refractivity contribution is 0.514. The highest BCUT2D eigenvalue weighted by atomic mass is 33.1. The topological polar surface area (TPSA) is 37.3 Å². The van der Waals surface area contributed by atoms with Gasteiger partial charge in [-0.25, -0.2) is 0 Å². The Balaban J connectivity index is 2.29. The molecule has 0 atom stereocenters. The van der Waals surface area contributed by atoms with Crippen molar-refractivity contribution in [3.05, 3.63) is 58.7 Å². The highest BCUT2D eigenvalue weighted by molar-refractivity contribution is 8.89. The second-order valence-electron chi connectivity index (χ2n) is 5.09. The van der Waals surface area contributed by atoms with E-state index in [9.17, 15) is 9.46 Å². The number of hydrogen-bond acceptors (Lipinski definition) is 3. The minimum Gasteiger partial charge on any atom is -0.329 e. The Morgan fingerprint density at radius 3 is 1.33 bits per heavy atom. The van der Waals surface area contributed by atoms with Crippen molar-refractivity contribution in [2.24, 2.45) is 0 Å². The Bertz CT molecular complexity index is 615. The van der Waals surface area contributed by atoms with Crippen LogP contribution in [0.1, 0.15) is 22.3 Å². The van der Waals surface area contributed by atoms with E-state index in [0.29, 0.717) is 0 Å². The quantitative estimate of drug-likeness (QED) is 0.704. The summed E-state index contributed by atoms with van der Waals surface area (Å²) in [5.41, 5.74) is 4.15. The van der Waals surface area contributed by atoms with Gasteiger partial charge in [-0.2, -0.15) is 0 Å². The molecule has 0 aliphatic heterocycles. The summed E-state index contributed by atoms with van der Waals surface area (Å²) in [6.07, 6.45) is 0. The van der Waals surface area contributed by atoms with E-state index < -0.39 is 5.77 Å². The van der Waals surface area contributed by atoms with Crippen molar-refractivity contribution < 1.29 is 9.46 Å².